The standard InChI is InChI=1S/C23H25FN4OS/c1-16-7-5-6-10-20(16)25-21(29)15-30-23-27-26-22(17-8-3-2-4-9-17)28(23)19-13-11-18(24)12-14-19/h2-4,8-9,11-14,16,20H,5-7,10,15H2,1H3,(H,25,29). The predicted octanol–water partition coefficient (Wildman–Crippen LogP) is 4.86. The molecule has 0 aliphatic heterocycles. The molecule has 4 rings (SSSR count). The fourth-order valence-corrected chi connectivity index (χ4v) is 4.63. The molecule has 1 aliphatic carbocycles. The van der Waals surface area contributed by atoms with E-state index in [0.717, 1.165) is 24.1 Å². The topological polar surface area (TPSA) is 59.8 Å². The number of halogens is 1. The molecule has 5 nitrogen and oxygen atoms in total. The number of aromatic nitrogens is 3. The van der Waals surface area contributed by atoms with Gasteiger partial charge >= 0.3 is 0 Å². The molecule has 1 aromatic heterocycles. The van der Waals surface area contributed by atoms with Crippen molar-refractivity contribution in [3.05, 3.63) is 60.4 Å². The van der Waals surface area contributed by atoms with Gasteiger partial charge in [0.2, 0.25) is 5.91 Å². The third kappa shape index (κ3) is 4.73. The lowest BCUT2D eigenvalue weighted by Crippen LogP contribution is -2.41. The predicted molar refractivity (Wildman–Crippen MR) is 117 cm³/mol. The highest BCUT2D eigenvalue weighted by Gasteiger charge is 2.23. The van der Waals surface area contributed by atoms with Crippen LogP contribution in [0.25, 0.3) is 17.1 Å². The van der Waals surface area contributed by atoms with E-state index in [2.05, 4.69) is 22.4 Å². The van der Waals surface area contributed by atoms with Crippen molar-refractivity contribution >= 4 is 17.7 Å². The van der Waals surface area contributed by atoms with Crippen LogP contribution in [0.15, 0.2) is 59.8 Å². The summed E-state index contributed by atoms with van der Waals surface area (Å²) >= 11 is 1.34. The minimum absolute atomic E-state index is 0.00803. The Morgan fingerprint density at radius 3 is 2.57 bits per heavy atom. The fraction of sp³-hybridized carbons (Fsp3) is 0.348. The third-order valence-electron chi connectivity index (χ3n) is 5.54. The number of carbonyl (C=O) groups is 1. The molecule has 1 amide bonds. The summed E-state index contributed by atoms with van der Waals surface area (Å²) in [4.78, 5) is 12.6. The van der Waals surface area contributed by atoms with Crippen LogP contribution in [0.4, 0.5) is 4.39 Å². The van der Waals surface area contributed by atoms with Gasteiger partial charge in [-0.15, -0.1) is 10.2 Å². The lowest BCUT2D eigenvalue weighted by Gasteiger charge is -2.29. The van der Waals surface area contributed by atoms with Gasteiger partial charge in [-0.05, 0) is 43.0 Å². The molecule has 1 fully saturated rings. The molecule has 1 saturated carbocycles. The molecule has 0 bridgehead atoms. The number of nitrogens with one attached hydrogen (secondary N) is 1. The molecule has 2 aromatic carbocycles. The second-order valence-electron chi connectivity index (χ2n) is 7.71. The van der Waals surface area contributed by atoms with Crippen LogP contribution in [0, 0.1) is 11.7 Å². The highest BCUT2D eigenvalue weighted by Crippen LogP contribution is 2.28. The molecule has 156 valence electrons. The minimum Gasteiger partial charge on any atom is -0.352 e. The van der Waals surface area contributed by atoms with E-state index in [0.29, 0.717) is 16.9 Å². The van der Waals surface area contributed by atoms with E-state index in [4.69, 9.17) is 0 Å². The maximum atomic E-state index is 13.5. The molecular formula is C23H25FN4OS. The molecule has 30 heavy (non-hydrogen) atoms. The monoisotopic (exact) mass is 424 g/mol. The third-order valence-corrected chi connectivity index (χ3v) is 6.47. The molecule has 0 radical (unpaired) electrons. The van der Waals surface area contributed by atoms with Gasteiger partial charge in [0.25, 0.3) is 0 Å². The van der Waals surface area contributed by atoms with Gasteiger partial charge in [0.1, 0.15) is 5.82 Å². The SMILES string of the molecule is CC1CCCCC1NC(=O)CSc1nnc(-c2ccccc2)n1-c1ccc(F)cc1. The summed E-state index contributed by atoms with van der Waals surface area (Å²) in [5.41, 5.74) is 1.66. The number of benzene rings is 2. The first-order valence-corrected chi connectivity index (χ1v) is 11.3. The van der Waals surface area contributed by atoms with Crippen molar-refractivity contribution in [1.29, 1.82) is 0 Å². The van der Waals surface area contributed by atoms with Crippen molar-refractivity contribution in [2.24, 2.45) is 5.92 Å². The Morgan fingerprint density at radius 1 is 1.10 bits per heavy atom. The van der Waals surface area contributed by atoms with Gasteiger partial charge in [0.05, 0.1) is 5.75 Å². The van der Waals surface area contributed by atoms with E-state index < -0.39 is 0 Å². The molecule has 1 N–H and O–H groups in total. The molecule has 1 heterocycles. The van der Waals surface area contributed by atoms with Crippen LogP contribution in [0.2, 0.25) is 0 Å². The van der Waals surface area contributed by atoms with E-state index in [1.165, 1.54) is 36.7 Å². The molecular weight excluding hydrogens is 399 g/mol. The van der Waals surface area contributed by atoms with Crippen LogP contribution in [-0.2, 0) is 4.79 Å². The zero-order valence-corrected chi connectivity index (χ0v) is 17.7. The first kappa shape index (κ1) is 20.6. The van der Waals surface area contributed by atoms with Crippen LogP contribution in [0.3, 0.4) is 0 Å². The van der Waals surface area contributed by atoms with Gasteiger partial charge < -0.3 is 5.32 Å². The first-order valence-electron chi connectivity index (χ1n) is 10.3. The van der Waals surface area contributed by atoms with E-state index in [-0.39, 0.29) is 23.5 Å². The number of rotatable bonds is 6. The Morgan fingerprint density at radius 2 is 1.83 bits per heavy atom. The quantitative estimate of drug-likeness (QED) is 0.574. The Hall–Kier alpha value is -2.67. The van der Waals surface area contributed by atoms with Crippen LogP contribution < -0.4 is 5.32 Å². The number of hydrogen-bond acceptors (Lipinski definition) is 4. The molecule has 1 aliphatic rings. The largest absolute Gasteiger partial charge is 0.352 e. The van der Waals surface area contributed by atoms with Crippen molar-refractivity contribution in [2.75, 3.05) is 5.75 Å². The molecule has 0 spiro atoms. The van der Waals surface area contributed by atoms with Gasteiger partial charge in [-0.3, -0.25) is 9.36 Å². The number of carbonyl (C=O) groups excluding carboxylic acids is 1. The number of thioether (sulfide) groups is 1. The van der Waals surface area contributed by atoms with Gasteiger partial charge in [-0.1, -0.05) is 61.9 Å². The summed E-state index contributed by atoms with van der Waals surface area (Å²) < 4.78 is 15.3. The summed E-state index contributed by atoms with van der Waals surface area (Å²) in [6, 6.07) is 16.2. The fourth-order valence-electron chi connectivity index (χ4n) is 3.87. The Bertz CT molecular complexity index is 990. The summed E-state index contributed by atoms with van der Waals surface area (Å²) in [7, 11) is 0. The maximum absolute atomic E-state index is 13.5. The van der Waals surface area contributed by atoms with Gasteiger partial charge in [0.15, 0.2) is 11.0 Å². The second-order valence-corrected chi connectivity index (χ2v) is 8.65. The van der Waals surface area contributed by atoms with Crippen molar-refractivity contribution in [3.63, 3.8) is 0 Å². The highest BCUT2D eigenvalue weighted by atomic mass is 32.2. The maximum Gasteiger partial charge on any atom is 0.230 e. The molecule has 2 atom stereocenters. The van der Waals surface area contributed by atoms with Gasteiger partial charge in [0, 0.05) is 17.3 Å². The molecule has 2 unspecified atom stereocenters. The molecule has 7 heteroatoms. The van der Waals surface area contributed by atoms with Crippen LogP contribution >= 0.6 is 11.8 Å². The average Bonchev–Trinajstić information content (AvgIpc) is 3.19. The first-order chi connectivity index (χ1) is 14.6. The lowest BCUT2D eigenvalue weighted by atomic mass is 9.86. The lowest BCUT2D eigenvalue weighted by molar-refractivity contribution is -0.119. The smallest absolute Gasteiger partial charge is 0.230 e. The van der Waals surface area contributed by atoms with Crippen molar-refractivity contribution in [1.82, 2.24) is 20.1 Å². The second kappa shape index (κ2) is 9.43. The normalized spacial score (nSPS) is 18.9. The van der Waals surface area contributed by atoms with Crippen molar-refractivity contribution < 1.29 is 9.18 Å². The highest BCUT2D eigenvalue weighted by molar-refractivity contribution is 7.99. The number of hydrogen-bond donors (Lipinski definition) is 1. The summed E-state index contributed by atoms with van der Waals surface area (Å²) in [6.07, 6.45) is 4.62. The van der Waals surface area contributed by atoms with E-state index in [9.17, 15) is 9.18 Å². The van der Waals surface area contributed by atoms with Crippen molar-refractivity contribution in [3.8, 4) is 17.1 Å². The minimum atomic E-state index is -0.303. The van der Waals surface area contributed by atoms with Crippen LogP contribution in [0.5, 0.6) is 0 Å². The van der Waals surface area contributed by atoms with E-state index in [1.54, 1.807) is 12.1 Å². The van der Waals surface area contributed by atoms with Crippen LogP contribution in [-0.4, -0.2) is 32.5 Å². The molecule has 3 aromatic rings. The Kier molecular flexibility index (Phi) is 6.47. The zero-order chi connectivity index (χ0) is 20.9. The van der Waals surface area contributed by atoms with Gasteiger partial charge in [-0.2, -0.15) is 0 Å². The van der Waals surface area contributed by atoms with Gasteiger partial charge in [-0.25, -0.2) is 4.39 Å². The zero-order valence-electron chi connectivity index (χ0n) is 16.9. The summed E-state index contributed by atoms with van der Waals surface area (Å²) in [5, 5.41) is 12.5. The summed E-state index contributed by atoms with van der Waals surface area (Å²) in [6.45, 7) is 2.20. The van der Waals surface area contributed by atoms with Crippen molar-refractivity contribution in [2.45, 2.75) is 43.8 Å². The molecule has 0 saturated heterocycles. The van der Waals surface area contributed by atoms with E-state index in [1.807, 2.05) is 34.9 Å². The number of amides is 1. The average molecular weight is 425 g/mol. The Labute approximate surface area is 180 Å². The van der Waals surface area contributed by atoms with E-state index >= 15 is 0 Å². The Balaban J connectivity index is 1.55. The number of nitrogens with zero attached hydrogens (tertiary/aromatic N) is 3. The van der Waals surface area contributed by atoms with Crippen LogP contribution in [0.1, 0.15) is 32.6 Å². The summed E-state index contributed by atoms with van der Waals surface area (Å²) in [5.74, 6) is 1.14.